The maximum atomic E-state index is 5.87. The van der Waals surface area contributed by atoms with Gasteiger partial charge >= 0.3 is 0 Å². The summed E-state index contributed by atoms with van der Waals surface area (Å²) in [7, 11) is 0. The molecule has 2 atom stereocenters. The first-order valence-electron chi connectivity index (χ1n) is 7.84. The van der Waals surface area contributed by atoms with Crippen LogP contribution in [-0.4, -0.2) is 25.4 Å². The van der Waals surface area contributed by atoms with Crippen molar-refractivity contribution in [2.45, 2.75) is 58.6 Å². The standard InChI is InChI=1S/C17H27NO2/c1-4-9-20-17-11-13(3)6-7-16(17)18-14-8-10-19-15(5-2)12-14/h6-7,11,14-15,18H,4-5,8-10,12H2,1-3H3. The summed E-state index contributed by atoms with van der Waals surface area (Å²) >= 11 is 0. The van der Waals surface area contributed by atoms with E-state index in [1.165, 1.54) is 5.56 Å². The van der Waals surface area contributed by atoms with E-state index in [-0.39, 0.29) is 0 Å². The van der Waals surface area contributed by atoms with Crippen LogP contribution in [0.1, 0.15) is 45.1 Å². The molecule has 0 spiro atoms. The minimum atomic E-state index is 0.395. The van der Waals surface area contributed by atoms with Crippen LogP contribution in [0.3, 0.4) is 0 Å². The van der Waals surface area contributed by atoms with Crippen molar-refractivity contribution in [2.75, 3.05) is 18.5 Å². The molecule has 1 saturated heterocycles. The van der Waals surface area contributed by atoms with Gasteiger partial charge in [0.25, 0.3) is 0 Å². The molecule has 1 aliphatic heterocycles. The lowest BCUT2D eigenvalue weighted by atomic mass is 10.0. The van der Waals surface area contributed by atoms with Gasteiger partial charge in [-0.15, -0.1) is 0 Å². The third-order valence-electron chi connectivity index (χ3n) is 3.78. The third kappa shape index (κ3) is 4.14. The predicted octanol–water partition coefficient (Wildman–Crippen LogP) is 4.15. The van der Waals surface area contributed by atoms with Crippen molar-refractivity contribution in [3.8, 4) is 5.75 Å². The van der Waals surface area contributed by atoms with Crippen LogP contribution in [0, 0.1) is 6.92 Å². The summed E-state index contributed by atoms with van der Waals surface area (Å²) in [6, 6.07) is 6.88. The molecule has 1 aromatic carbocycles. The number of rotatable bonds is 6. The lowest BCUT2D eigenvalue weighted by molar-refractivity contribution is 0.00922. The van der Waals surface area contributed by atoms with Crippen LogP contribution in [0.25, 0.3) is 0 Å². The van der Waals surface area contributed by atoms with E-state index in [0.717, 1.165) is 50.3 Å². The summed E-state index contributed by atoms with van der Waals surface area (Å²) in [5.74, 6) is 0.978. The van der Waals surface area contributed by atoms with E-state index in [9.17, 15) is 0 Å². The lowest BCUT2D eigenvalue weighted by Crippen LogP contribution is -2.33. The van der Waals surface area contributed by atoms with E-state index >= 15 is 0 Å². The van der Waals surface area contributed by atoms with Gasteiger partial charge in [0.2, 0.25) is 0 Å². The molecule has 0 amide bonds. The Labute approximate surface area is 122 Å². The fourth-order valence-corrected chi connectivity index (χ4v) is 2.60. The molecule has 3 heteroatoms. The minimum absolute atomic E-state index is 0.395. The molecule has 2 rings (SSSR count). The molecule has 0 aromatic heterocycles. The third-order valence-corrected chi connectivity index (χ3v) is 3.78. The monoisotopic (exact) mass is 277 g/mol. The normalized spacial score (nSPS) is 22.6. The number of nitrogens with one attached hydrogen (secondary N) is 1. The van der Waals surface area contributed by atoms with Crippen molar-refractivity contribution in [1.29, 1.82) is 0 Å². The van der Waals surface area contributed by atoms with Crippen LogP contribution in [0.2, 0.25) is 0 Å². The first kappa shape index (κ1) is 15.2. The highest BCUT2D eigenvalue weighted by atomic mass is 16.5. The zero-order valence-electron chi connectivity index (χ0n) is 12.9. The number of benzene rings is 1. The summed E-state index contributed by atoms with van der Waals surface area (Å²) in [5, 5.41) is 3.64. The van der Waals surface area contributed by atoms with Crippen molar-refractivity contribution in [3.63, 3.8) is 0 Å². The Hall–Kier alpha value is -1.22. The molecule has 0 saturated carbocycles. The van der Waals surface area contributed by atoms with Crippen molar-refractivity contribution in [2.24, 2.45) is 0 Å². The summed E-state index contributed by atoms with van der Waals surface area (Å²) in [5.41, 5.74) is 2.35. The lowest BCUT2D eigenvalue weighted by Gasteiger charge is -2.30. The average Bonchev–Trinajstić information content (AvgIpc) is 2.47. The summed E-state index contributed by atoms with van der Waals surface area (Å²) < 4.78 is 11.6. The van der Waals surface area contributed by atoms with Crippen LogP contribution in [0.15, 0.2) is 18.2 Å². The Morgan fingerprint density at radius 1 is 1.35 bits per heavy atom. The van der Waals surface area contributed by atoms with E-state index in [0.29, 0.717) is 12.1 Å². The Balaban J connectivity index is 2.03. The smallest absolute Gasteiger partial charge is 0.142 e. The van der Waals surface area contributed by atoms with Gasteiger partial charge in [-0.05, 0) is 50.3 Å². The summed E-state index contributed by atoms with van der Waals surface area (Å²) in [6.07, 6.45) is 4.66. The fraction of sp³-hybridized carbons (Fsp3) is 0.647. The quantitative estimate of drug-likeness (QED) is 0.847. The molecule has 3 nitrogen and oxygen atoms in total. The highest BCUT2D eigenvalue weighted by Gasteiger charge is 2.21. The molecule has 1 N–H and O–H groups in total. The van der Waals surface area contributed by atoms with Gasteiger partial charge in [-0.1, -0.05) is 19.9 Å². The molecule has 1 aromatic rings. The number of hydrogen-bond donors (Lipinski definition) is 1. The number of anilines is 1. The topological polar surface area (TPSA) is 30.5 Å². The molecule has 2 unspecified atom stereocenters. The summed E-state index contributed by atoms with van der Waals surface area (Å²) in [6.45, 7) is 8.04. The van der Waals surface area contributed by atoms with Crippen molar-refractivity contribution >= 4 is 5.69 Å². The minimum Gasteiger partial charge on any atom is -0.491 e. The Kier molecular flexibility index (Phi) is 5.72. The predicted molar refractivity (Wildman–Crippen MR) is 83.6 cm³/mol. The second-order valence-electron chi connectivity index (χ2n) is 5.61. The van der Waals surface area contributed by atoms with Gasteiger partial charge < -0.3 is 14.8 Å². The van der Waals surface area contributed by atoms with Gasteiger partial charge in [-0.2, -0.15) is 0 Å². The molecular formula is C17H27NO2. The zero-order chi connectivity index (χ0) is 14.4. The van der Waals surface area contributed by atoms with Gasteiger partial charge in [0, 0.05) is 12.6 Å². The van der Waals surface area contributed by atoms with Gasteiger partial charge in [-0.3, -0.25) is 0 Å². The highest BCUT2D eigenvalue weighted by molar-refractivity contribution is 5.58. The van der Waals surface area contributed by atoms with E-state index in [4.69, 9.17) is 9.47 Å². The van der Waals surface area contributed by atoms with Gasteiger partial charge in [-0.25, -0.2) is 0 Å². The van der Waals surface area contributed by atoms with Gasteiger partial charge in [0.1, 0.15) is 5.75 Å². The summed E-state index contributed by atoms with van der Waals surface area (Å²) in [4.78, 5) is 0. The number of aryl methyl sites for hydroxylation is 1. The van der Waals surface area contributed by atoms with E-state index in [2.05, 4.69) is 44.3 Å². The molecular weight excluding hydrogens is 250 g/mol. The SMILES string of the molecule is CCCOc1cc(C)ccc1NC1CCOC(CC)C1. The molecule has 1 aliphatic rings. The molecule has 0 bridgehead atoms. The maximum Gasteiger partial charge on any atom is 0.142 e. The molecule has 1 fully saturated rings. The van der Waals surface area contributed by atoms with Gasteiger partial charge in [0.15, 0.2) is 0 Å². The van der Waals surface area contributed by atoms with Crippen molar-refractivity contribution in [1.82, 2.24) is 0 Å². The maximum absolute atomic E-state index is 5.87. The van der Waals surface area contributed by atoms with E-state index < -0.39 is 0 Å². The first-order chi connectivity index (χ1) is 9.72. The second-order valence-corrected chi connectivity index (χ2v) is 5.61. The van der Waals surface area contributed by atoms with Crippen LogP contribution >= 0.6 is 0 Å². The first-order valence-corrected chi connectivity index (χ1v) is 7.84. The van der Waals surface area contributed by atoms with Crippen LogP contribution < -0.4 is 10.1 Å². The Morgan fingerprint density at radius 3 is 2.95 bits per heavy atom. The highest BCUT2D eigenvalue weighted by Crippen LogP contribution is 2.29. The largest absolute Gasteiger partial charge is 0.491 e. The number of ether oxygens (including phenoxy) is 2. The Bertz CT molecular complexity index is 419. The second kappa shape index (κ2) is 7.53. The van der Waals surface area contributed by atoms with E-state index in [1.807, 2.05) is 0 Å². The molecule has 112 valence electrons. The van der Waals surface area contributed by atoms with Crippen LogP contribution in [0.5, 0.6) is 5.75 Å². The average molecular weight is 277 g/mol. The molecule has 20 heavy (non-hydrogen) atoms. The van der Waals surface area contributed by atoms with E-state index in [1.54, 1.807) is 0 Å². The fourth-order valence-electron chi connectivity index (χ4n) is 2.60. The van der Waals surface area contributed by atoms with Crippen molar-refractivity contribution in [3.05, 3.63) is 23.8 Å². The van der Waals surface area contributed by atoms with Crippen molar-refractivity contribution < 1.29 is 9.47 Å². The molecule has 1 heterocycles. The number of hydrogen-bond acceptors (Lipinski definition) is 3. The molecule has 0 radical (unpaired) electrons. The Morgan fingerprint density at radius 2 is 2.20 bits per heavy atom. The zero-order valence-corrected chi connectivity index (χ0v) is 12.9. The molecule has 0 aliphatic carbocycles. The van der Waals surface area contributed by atoms with Crippen LogP contribution in [0.4, 0.5) is 5.69 Å². The van der Waals surface area contributed by atoms with Gasteiger partial charge in [0.05, 0.1) is 18.4 Å². The van der Waals surface area contributed by atoms with Crippen LogP contribution in [-0.2, 0) is 4.74 Å².